The molecule has 21 heavy (non-hydrogen) atoms. The van der Waals surface area contributed by atoms with Gasteiger partial charge in [0.25, 0.3) is 0 Å². The number of aromatic nitrogens is 1. The highest BCUT2D eigenvalue weighted by Gasteiger charge is 2.17. The van der Waals surface area contributed by atoms with Gasteiger partial charge in [-0.15, -0.1) is 0 Å². The number of nitrogens with zero attached hydrogens (tertiary/aromatic N) is 1. The van der Waals surface area contributed by atoms with Crippen molar-refractivity contribution in [2.45, 2.75) is 39.2 Å². The van der Waals surface area contributed by atoms with Crippen LogP contribution < -0.4 is 5.32 Å². The van der Waals surface area contributed by atoms with Gasteiger partial charge in [-0.25, -0.2) is 0 Å². The van der Waals surface area contributed by atoms with Gasteiger partial charge in [0.1, 0.15) is 0 Å². The summed E-state index contributed by atoms with van der Waals surface area (Å²) in [6.07, 6.45) is 7.44. The molecule has 112 valence electrons. The van der Waals surface area contributed by atoms with Gasteiger partial charge in [-0.1, -0.05) is 47.8 Å². The summed E-state index contributed by atoms with van der Waals surface area (Å²) in [6, 6.07) is 8.42. The molecule has 0 amide bonds. The van der Waals surface area contributed by atoms with Gasteiger partial charge in [0.15, 0.2) is 0 Å². The van der Waals surface area contributed by atoms with E-state index in [1.54, 1.807) is 0 Å². The van der Waals surface area contributed by atoms with Crippen LogP contribution in [0.3, 0.4) is 0 Å². The maximum Gasteiger partial charge on any atom is 0.0758 e. The second-order valence-corrected chi connectivity index (χ2v) is 7.22. The van der Waals surface area contributed by atoms with Crippen LogP contribution in [0.25, 0.3) is 10.9 Å². The second-order valence-electron chi connectivity index (χ2n) is 6.36. The topological polar surface area (TPSA) is 24.9 Å². The fourth-order valence-electron chi connectivity index (χ4n) is 3.28. The highest BCUT2D eigenvalue weighted by Crippen LogP contribution is 2.28. The second kappa shape index (κ2) is 6.89. The van der Waals surface area contributed by atoms with Gasteiger partial charge >= 0.3 is 0 Å². The third-order valence-corrected chi connectivity index (χ3v) is 5.38. The van der Waals surface area contributed by atoms with E-state index in [0.717, 1.165) is 34.9 Å². The molecule has 0 bridgehead atoms. The minimum absolute atomic E-state index is 0.857. The Kier molecular flexibility index (Phi) is 4.91. The molecule has 0 saturated heterocycles. The van der Waals surface area contributed by atoms with Crippen molar-refractivity contribution in [1.29, 1.82) is 0 Å². The molecule has 0 radical (unpaired) electrons. The Bertz CT molecular complexity index is 603. The fraction of sp³-hybridized carbons (Fsp3) is 0.500. The van der Waals surface area contributed by atoms with Gasteiger partial charge < -0.3 is 5.32 Å². The smallest absolute Gasteiger partial charge is 0.0758 e. The third-order valence-electron chi connectivity index (χ3n) is 4.68. The lowest BCUT2D eigenvalue weighted by Gasteiger charge is -2.26. The predicted molar refractivity (Wildman–Crippen MR) is 92.3 cm³/mol. The Morgan fingerprint density at radius 1 is 1.19 bits per heavy atom. The summed E-state index contributed by atoms with van der Waals surface area (Å²) in [7, 11) is 0. The summed E-state index contributed by atoms with van der Waals surface area (Å²) in [6.45, 7) is 4.42. The highest BCUT2D eigenvalue weighted by atomic mass is 79.9. The van der Waals surface area contributed by atoms with Crippen LogP contribution in [0.1, 0.15) is 38.2 Å². The Hall–Kier alpha value is -0.930. The summed E-state index contributed by atoms with van der Waals surface area (Å²) < 4.78 is 1.12. The van der Waals surface area contributed by atoms with Crippen LogP contribution in [0.5, 0.6) is 0 Å². The van der Waals surface area contributed by atoms with Crippen molar-refractivity contribution >= 4 is 26.8 Å². The largest absolute Gasteiger partial charge is 0.312 e. The zero-order chi connectivity index (χ0) is 14.7. The first kappa shape index (κ1) is 15.0. The Labute approximate surface area is 135 Å². The SMILES string of the molecule is CC1CCC(CNCc2ccc(Br)c3cccnc23)CC1. The minimum atomic E-state index is 0.857. The molecule has 2 aromatic rings. The molecular formula is C18H23BrN2. The third kappa shape index (κ3) is 3.64. The quantitative estimate of drug-likeness (QED) is 0.850. The van der Waals surface area contributed by atoms with Crippen molar-refractivity contribution in [2.75, 3.05) is 6.54 Å². The molecule has 0 atom stereocenters. The molecule has 1 aromatic heterocycles. The van der Waals surface area contributed by atoms with Gasteiger partial charge in [0.05, 0.1) is 5.52 Å². The molecule has 0 aliphatic heterocycles. The van der Waals surface area contributed by atoms with Crippen molar-refractivity contribution in [3.05, 3.63) is 40.5 Å². The van der Waals surface area contributed by atoms with E-state index in [-0.39, 0.29) is 0 Å². The lowest BCUT2D eigenvalue weighted by Crippen LogP contribution is -2.25. The van der Waals surface area contributed by atoms with Crippen LogP contribution in [0.2, 0.25) is 0 Å². The van der Waals surface area contributed by atoms with Crippen LogP contribution in [0.15, 0.2) is 34.9 Å². The zero-order valence-corrected chi connectivity index (χ0v) is 14.2. The van der Waals surface area contributed by atoms with E-state index < -0.39 is 0 Å². The molecular weight excluding hydrogens is 324 g/mol. The minimum Gasteiger partial charge on any atom is -0.312 e. The van der Waals surface area contributed by atoms with Crippen molar-refractivity contribution in [2.24, 2.45) is 11.8 Å². The van der Waals surface area contributed by atoms with E-state index in [2.05, 4.69) is 51.4 Å². The molecule has 3 rings (SSSR count). The number of pyridine rings is 1. The molecule has 1 N–H and O–H groups in total. The number of hydrogen-bond donors (Lipinski definition) is 1. The monoisotopic (exact) mass is 346 g/mol. The van der Waals surface area contributed by atoms with Crippen LogP contribution in [0, 0.1) is 11.8 Å². The molecule has 1 aliphatic rings. The summed E-state index contributed by atoms with van der Waals surface area (Å²) in [5.74, 6) is 1.79. The molecule has 2 nitrogen and oxygen atoms in total. The average Bonchev–Trinajstić information content (AvgIpc) is 2.52. The van der Waals surface area contributed by atoms with Gasteiger partial charge in [-0.2, -0.15) is 0 Å². The number of nitrogens with one attached hydrogen (secondary N) is 1. The van der Waals surface area contributed by atoms with Crippen molar-refractivity contribution < 1.29 is 0 Å². The molecule has 1 aliphatic carbocycles. The fourth-order valence-corrected chi connectivity index (χ4v) is 3.74. The first-order valence-electron chi connectivity index (χ1n) is 7.97. The Balaban J connectivity index is 1.62. The van der Waals surface area contributed by atoms with Crippen LogP contribution >= 0.6 is 15.9 Å². The molecule has 0 spiro atoms. The standard InChI is InChI=1S/C18H23BrN2/c1-13-4-6-14(7-5-13)11-20-12-15-8-9-17(19)16-3-2-10-21-18(15)16/h2-3,8-10,13-14,20H,4-7,11-12H2,1H3. The number of fused-ring (bicyclic) bond motifs is 1. The predicted octanol–water partition coefficient (Wildman–Crippen LogP) is 4.91. The first-order valence-corrected chi connectivity index (χ1v) is 8.76. The Morgan fingerprint density at radius 2 is 2.00 bits per heavy atom. The van der Waals surface area contributed by atoms with Crippen LogP contribution in [0.4, 0.5) is 0 Å². The number of halogens is 1. The maximum atomic E-state index is 4.55. The first-order chi connectivity index (χ1) is 10.2. The molecule has 1 saturated carbocycles. The molecule has 1 fully saturated rings. The highest BCUT2D eigenvalue weighted by molar-refractivity contribution is 9.10. The average molecular weight is 347 g/mol. The van der Waals surface area contributed by atoms with E-state index in [4.69, 9.17) is 0 Å². The maximum absolute atomic E-state index is 4.55. The van der Waals surface area contributed by atoms with Crippen molar-refractivity contribution in [1.82, 2.24) is 10.3 Å². The summed E-state index contributed by atoms with van der Waals surface area (Å²) in [4.78, 5) is 4.55. The number of rotatable bonds is 4. The van der Waals surface area contributed by atoms with E-state index in [0.29, 0.717) is 0 Å². The zero-order valence-electron chi connectivity index (χ0n) is 12.6. The van der Waals surface area contributed by atoms with Gasteiger partial charge in [-0.3, -0.25) is 4.98 Å². The number of hydrogen-bond acceptors (Lipinski definition) is 2. The van der Waals surface area contributed by atoms with Gasteiger partial charge in [-0.05, 0) is 48.9 Å². The molecule has 1 heterocycles. The normalized spacial score (nSPS) is 22.6. The summed E-state index contributed by atoms with van der Waals surface area (Å²) >= 11 is 3.61. The summed E-state index contributed by atoms with van der Waals surface area (Å²) in [5.41, 5.74) is 2.40. The van der Waals surface area contributed by atoms with E-state index in [9.17, 15) is 0 Å². The lowest BCUT2D eigenvalue weighted by molar-refractivity contribution is 0.281. The van der Waals surface area contributed by atoms with Gasteiger partial charge in [0, 0.05) is 22.6 Å². The van der Waals surface area contributed by atoms with Crippen molar-refractivity contribution in [3.8, 4) is 0 Å². The van der Waals surface area contributed by atoms with Crippen molar-refractivity contribution in [3.63, 3.8) is 0 Å². The molecule has 0 unspecified atom stereocenters. The van der Waals surface area contributed by atoms with Crippen LogP contribution in [-0.2, 0) is 6.54 Å². The number of benzene rings is 1. The lowest BCUT2D eigenvalue weighted by atomic mass is 9.83. The van der Waals surface area contributed by atoms with E-state index >= 15 is 0 Å². The Morgan fingerprint density at radius 3 is 2.81 bits per heavy atom. The van der Waals surface area contributed by atoms with E-state index in [1.165, 1.54) is 36.6 Å². The molecule has 1 aromatic carbocycles. The van der Waals surface area contributed by atoms with E-state index in [1.807, 2.05) is 12.3 Å². The van der Waals surface area contributed by atoms with Crippen LogP contribution in [-0.4, -0.2) is 11.5 Å². The van der Waals surface area contributed by atoms with Gasteiger partial charge in [0.2, 0.25) is 0 Å². The molecule has 3 heteroatoms. The summed E-state index contributed by atoms with van der Waals surface area (Å²) in [5, 5.41) is 4.84.